The van der Waals surface area contributed by atoms with Gasteiger partial charge in [-0.25, -0.2) is 9.18 Å². The van der Waals surface area contributed by atoms with Crippen LogP contribution >= 0.6 is 0 Å². The van der Waals surface area contributed by atoms with Crippen LogP contribution in [0.2, 0.25) is 5.04 Å². The van der Waals surface area contributed by atoms with Crippen LogP contribution in [-0.2, 0) is 15.8 Å². The van der Waals surface area contributed by atoms with Crippen molar-refractivity contribution in [1.82, 2.24) is 4.90 Å². The number of carbonyl (C=O) groups is 1. The molecular formula is C29H34FNO3Si. The molecule has 1 fully saturated rings. The van der Waals surface area contributed by atoms with Crippen LogP contribution in [0.1, 0.15) is 32.8 Å². The largest absolute Gasteiger partial charge is 0.445 e. The number of piperidine rings is 1. The number of alkyl halides is 1. The van der Waals surface area contributed by atoms with Gasteiger partial charge in [0, 0.05) is 6.54 Å². The standard InChI is InChI=1S/C29H34FNO3Si/c1-29(2,3)35(24-15-9-5-10-16-24,25-17-11-6-12-18-25)34-27-19-20-31(21-26(27)30)28(32)33-22-23-13-7-4-8-14-23/h4-18,26-27H,19-22H2,1-3H3/t26-,27+/m0/s1. The van der Waals surface area contributed by atoms with E-state index in [2.05, 4.69) is 45.0 Å². The van der Waals surface area contributed by atoms with E-state index in [0.29, 0.717) is 13.0 Å². The Morgan fingerprint density at radius 3 is 1.91 bits per heavy atom. The topological polar surface area (TPSA) is 38.8 Å². The van der Waals surface area contributed by atoms with Gasteiger partial charge < -0.3 is 14.1 Å². The van der Waals surface area contributed by atoms with Gasteiger partial charge in [-0.15, -0.1) is 0 Å². The lowest BCUT2D eigenvalue weighted by atomic mass is 10.1. The molecule has 1 aliphatic rings. The fourth-order valence-electron chi connectivity index (χ4n) is 4.91. The fraction of sp³-hybridized carbons (Fsp3) is 0.345. The minimum absolute atomic E-state index is 0.0313. The number of nitrogens with zero attached hydrogens (tertiary/aromatic N) is 1. The first-order chi connectivity index (χ1) is 16.8. The minimum Gasteiger partial charge on any atom is -0.445 e. The van der Waals surface area contributed by atoms with Crippen molar-refractivity contribution in [1.29, 1.82) is 0 Å². The number of rotatable bonds is 6. The van der Waals surface area contributed by atoms with E-state index in [4.69, 9.17) is 9.16 Å². The van der Waals surface area contributed by atoms with Gasteiger partial charge in [-0.1, -0.05) is 112 Å². The number of halogens is 1. The third kappa shape index (κ3) is 5.49. The SMILES string of the molecule is CC(C)(C)[Si](O[C@@H]1CCN(C(=O)OCc2ccccc2)C[C@@H]1F)(c1ccccc1)c1ccccc1. The van der Waals surface area contributed by atoms with E-state index >= 15 is 4.39 Å². The second-order valence-electron chi connectivity index (χ2n) is 10.1. The predicted molar refractivity (Wildman–Crippen MR) is 140 cm³/mol. The number of hydrogen-bond acceptors (Lipinski definition) is 3. The average Bonchev–Trinajstić information content (AvgIpc) is 2.87. The Kier molecular flexibility index (Phi) is 7.72. The van der Waals surface area contributed by atoms with Crippen LogP contribution in [0, 0.1) is 0 Å². The van der Waals surface area contributed by atoms with Crippen molar-refractivity contribution >= 4 is 24.8 Å². The van der Waals surface area contributed by atoms with Crippen molar-refractivity contribution in [3.05, 3.63) is 96.6 Å². The summed E-state index contributed by atoms with van der Waals surface area (Å²) in [5.41, 5.74) is 0.905. The highest BCUT2D eigenvalue weighted by Crippen LogP contribution is 2.39. The number of amides is 1. The van der Waals surface area contributed by atoms with Crippen molar-refractivity contribution in [3.63, 3.8) is 0 Å². The molecule has 35 heavy (non-hydrogen) atoms. The van der Waals surface area contributed by atoms with Crippen LogP contribution in [-0.4, -0.2) is 44.7 Å². The second kappa shape index (κ2) is 10.8. The van der Waals surface area contributed by atoms with Gasteiger partial charge in [0.2, 0.25) is 0 Å². The lowest BCUT2D eigenvalue weighted by Gasteiger charge is -2.47. The normalized spacial score (nSPS) is 18.8. The summed E-state index contributed by atoms with van der Waals surface area (Å²) in [6.07, 6.45) is -1.96. The van der Waals surface area contributed by atoms with Crippen LogP contribution in [0.25, 0.3) is 0 Å². The molecular weight excluding hydrogens is 457 g/mol. The monoisotopic (exact) mass is 491 g/mol. The molecule has 4 rings (SSSR count). The maximum absolute atomic E-state index is 15.6. The molecule has 0 N–H and O–H groups in total. The molecule has 3 aromatic rings. The van der Waals surface area contributed by atoms with Gasteiger partial charge in [0.1, 0.15) is 12.8 Å². The number of hydrogen-bond donors (Lipinski definition) is 0. The highest BCUT2D eigenvalue weighted by Gasteiger charge is 2.52. The number of benzene rings is 3. The van der Waals surface area contributed by atoms with Crippen molar-refractivity contribution in [2.24, 2.45) is 0 Å². The summed E-state index contributed by atoms with van der Waals surface area (Å²) in [7, 11) is -2.86. The summed E-state index contributed by atoms with van der Waals surface area (Å²) in [6, 6.07) is 30.0. The number of likely N-dealkylation sites (tertiary alicyclic amines) is 1. The van der Waals surface area contributed by atoms with Crippen LogP contribution in [0.4, 0.5) is 9.18 Å². The lowest BCUT2D eigenvalue weighted by Crippen LogP contribution is -2.69. The van der Waals surface area contributed by atoms with E-state index in [-0.39, 0.29) is 18.2 Å². The van der Waals surface area contributed by atoms with Crippen LogP contribution < -0.4 is 10.4 Å². The molecule has 0 saturated carbocycles. The van der Waals surface area contributed by atoms with Crippen molar-refractivity contribution in [2.75, 3.05) is 13.1 Å². The third-order valence-corrected chi connectivity index (χ3v) is 11.8. The zero-order valence-electron chi connectivity index (χ0n) is 20.7. The Hall–Kier alpha value is -2.96. The first-order valence-corrected chi connectivity index (χ1v) is 14.1. The molecule has 1 amide bonds. The zero-order valence-corrected chi connectivity index (χ0v) is 21.7. The fourth-order valence-corrected chi connectivity index (χ4v) is 9.65. The Bertz CT molecular complexity index is 1050. The quantitative estimate of drug-likeness (QED) is 0.439. The van der Waals surface area contributed by atoms with Crippen molar-refractivity contribution < 1.29 is 18.3 Å². The molecule has 0 spiro atoms. The van der Waals surface area contributed by atoms with Gasteiger partial charge in [0.15, 0.2) is 0 Å². The average molecular weight is 492 g/mol. The number of carbonyl (C=O) groups excluding carboxylic acids is 1. The molecule has 6 heteroatoms. The van der Waals surface area contributed by atoms with Crippen molar-refractivity contribution in [2.45, 2.75) is 51.1 Å². The maximum Gasteiger partial charge on any atom is 0.410 e. The highest BCUT2D eigenvalue weighted by molar-refractivity contribution is 6.99. The van der Waals surface area contributed by atoms with Gasteiger partial charge >= 0.3 is 6.09 Å². The van der Waals surface area contributed by atoms with Gasteiger partial charge in [0.05, 0.1) is 12.6 Å². The maximum atomic E-state index is 15.6. The van der Waals surface area contributed by atoms with E-state index in [1.807, 2.05) is 66.7 Å². The smallest absolute Gasteiger partial charge is 0.410 e. The summed E-state index contributed by atoms with van der Waals surface area (Å²) in [5, 5.41) is 2.01. The van der Waals surface area contributed by atoms with Gasteiger partial charge in [-0.2, -0.15) is 0 Å². The summed E-state index contributed by atoms with van der Waals surface area (Å²) in [6.45, 7) is 7.09. The molecule has 0 aliphatic carbocycles. The first-order valence-electron chi connectivity index (χ1n) is 12.2. The van der Waals surface area contributed by atoms with Gasteiger partial charge in [0.25, 0.3) is 8.32 Å². The molecule has 0 bridgehead atoms. The number of ether oxygens (including phenoxy) is 1. The van der Waals surface area contributed by atoms with E-state index in [1.165, 1.54) is 4.90 Å². The molecule has 0 aromatic heterocycles. The minimum atomic E-state index is -2.86. The molecule has 1 heterocycles. The summed E-state index contributed by atoms with van der Waals surface area (Å²) in [5.74, 6) is 0. The molecule has 0 radical (unpaired) electrons. The third-order valence-electron chi connectivity index (χ3n) is 6.69. The van der Waals surface area contributed by atoms with Gasteiger partial charge in [-0.3, -0.25) is 0 Å². The van der Waals surface area contributed by atoms with E-state index in [0.717, 1.165) is 15.9 Å². The van der Waals surface area contributed by atoms with E-state index in [1.54, 1.807) is 0 Å². The van der Waals surface area contributed by atoms with Gasteiger partial charge in [-0.05, 0) is 27.4 Å². The molecule has 0 unspecified atom stereocenters. The highest BCUT2D eigenvalue weighted by atomic mass is 28.4. The Labute approximate surface area is 208 Å². The lowest BCUT2D eigenvalue weighted by molar-refractivity contribution is 0.0103. The van der Waals surface area contributed by atoms with Crippen LogP contribution in [0.5, 0.6) is 0 Å². The Morgan fingerprint density at radius 1 is 0.914 bits per heavy atom. The zero-order chi connectivity index (χ0) is 24.9. The Balaban J connectivity index is 1.53. The summed E-state index contributed by atoms with van der Waals surface area (Å²) in [4.78, 5) is 14.1. The molecule has 4 nitrogen and oxygen atoms in total. The molecule has 184 valence electrons. The Morgan fingerprint density at radius 2 is 1.43 bits per heavy atom. The first kappa shape index (κ1) is 25.1. The summed E-state index contributed by atoms with van der Waals surface area (Å²) >= 11 is 0. The van der Waals surface area contributed by atoms with E-state index < -0.39 is 26.7 Å². The summed E-state index contributed by atoms with van der Waals surface area (Å²) < 4.78 is 28.0. The van der Waals surface area contributed by atoms with Crippen molar-refractivity contribution in [3.8, 4) is 0 Å². The molecule has 1 aliphatic heterocycles. The molecule has 3 aromatic carbocycles. The predicted octanol–water partition coefficient (Wildman–Crippen LogP) is 5.31. The molecule has 1 saturated heterocycles. The van der Waals surface area contributed by atoms with Crippen LogP contribution in [0.15, 0.2) is 91.0 Å². The van der Waals surface area contributed by atoms with Crippen LogP contribution in [0.3, 0.4) is 0 Å². The molecule has 2 atom stereocenters. The second-order valence-corrected chi connectivity index (χ2v) is 14.4. The van der Waals surface area contributed by atoms with E-state index in [9.17, 15) is 4.79 Å².